The molecule has 0 atom stereocenters. The molecule has 0 fully saturated rings. The van der Waals surface area contributed by atoms with Crippen LogP contribution >= 0.6 is 27.3 Å². The summed E-state index contributed by atoms with van der Waals surface area (Å²) in [6.45, 7) is 3.84. The molecule has 0 aliphatic carbocycles. The van der Waals surface area contributed by atoms with Crippen molar-refractivity contribution in [2.24, 2.45) is 0 Å². The lowest BCUT2D eigenvalue weighted by Crippen LogP contribution is -2.31. The van der Waals surface area contributed by atoms with E-state index in [1.807, 2.05) is 18.2 Å². The highest BCUT2D eigenvalue weighted by Crippen LogP contribution is 2.22. The number of amides is 1. The number of rotatable bonds is 7. The Hall–Kier alpha value is -1.22. The van der Waals surface area contributed by atoms with Crippen molar-refractivity contribution >= 4 is 43.2 Å². The number of hydrogen-bond donors (Lipinski definition) is 2. The normalized spacial score (nSPS) is 11.7. The van der Waals surface area contributed by atoms with Gasteiger partial charge in [0.05, 0.1) is 14.4 Å². The van der Waals surface area contributed by atoms with Crippen LogP contribution in [0.3, 0.4) is 0 Å². The summed E-state index contributed by atoms with van der Waals surface area (Å²) in [4.78, 5) is 12.7. The number of sulfonamides is 1. The second-order valence-corrected chi connectivity index (χ2v) is 9.80. The van der Waals surface area contributed by atoms with Gasteiger partial charge in [0, 0.05) is 12.6 Å². The van der Waals surface area contributed by atoms with Crippen molar-refractivity contribution in [1.82, 2.24) is 10.0 Å². The Kier molecular flexibility index (Phi) is 6.56. The average molecular weight is 431 g/mol. The third-order valence-corrected chi connectivity index (χ3v) is 6.26. The molecule has 0 unspecified atom stereocenters. The van der Waals surface area contributed by atoms with E-state index in [1.165, 1.54) is 11.3 Å². The number of hydrogen-bond acceptors (Lipinski definition) is 4. The van der Waals surface area contributed by atoms with E-state index in [0.29, 0.717) is 10.4 Å². The van der Waals surface area contributed by atoms with E-state index >= 15 is 0 Å². The summed E-state index contributed by atoms with van der Waals surface area (Å²) in [7, 11) is -3.41. The van der Waals surface area contributed by atoms with Crippen molar-refractivity contribution in [2.45, 2.75) is 32.2 Å². The lowest BCUT2D eigenvalue weighted by atomic mass is 10.1. The first kappa shape index (κ1) is 19.1. The van der Waals surface area contributed by atoms with Crippen LogP contribution in [0.25, 0.3) is 0 Å². The summed E-state index contributed by atoms with van der Waals surface area (Å²) in [5.74, 6) is -0.287. The van der Waals surface area contributed by atoms with Gasteiger partial charge in [0.25, 0.3) is 5.91 Å². The molecule has 1 amide bonds. The molecular weight excluding hydrogens is 412 g/mol. The zero-order valence-corrected chi connectivity index (χ0v) is 16.6. The van der Waals surface area contributed by atoms with Gasteiger partial charge in [-0.1, -0.05) is 24.3 Å². The molecule has 0 aliphatic heterocycles. The van der Waals surface area contributed by atoms with Crippen molar-refractivity contribution in [3.05, 3.63) is 56.2 Å². The predicted molar refractivity (Wildman–Crippen MR) is 101 cm³/mol. The van der Waals surface area contributed by atoms with Crippen LogP contribution in [0.15, 0.2) is 40.2 Å². The zero-order chi connectivity index (χ0) is 17.7. The second-order valence-electron chi connectivity index (χ2n) is 5.59. The van der Waals surface area contributed by atoms with Gasteiger partial charge in [-0.3, -0.25) is 4.79 Å². The lowest BCUT2D eigenvalue weighted by Gasteiger charge is -2.13. The monoisotopic (exact) mass is 430 g/mol. The number of nitrogens with one attached hydrogen (secondary N) is 2. The Bertz CT molecular complexity index is 816. The first-order valence-electron chi connectivity index (χ1n) is 7.37. The highest BCUT2D eigenvalue weighted by Gasteiger charge is 2.16. The minimum atomic E-state index is -3.41. The van der Waals surface area contributed by atoms with E-state index in [4.69, 9.17) is 0 Å². The van der Waals surface area contributed by atoms with Crippen molar-refractivity contribution in [1.29, 1.82) is 0 Å². The molecule has 1 heterocycles. The van der Waals surface area contributed by atoms with E-state index in [-0.39, 0.29) is 24.2 Å². The third-order valence-electron chi connectivity index (χ3n) is 3.12. The van der Waals surface area contributed by atoms with E-state index in [9.17, 15) is 13.2 Å². The fourth-order valence-corrected chi connectivity index (χ4v) is 4.97. The van der Waals surface area contributed by atoms with Gasteiger partial charge < -0.3 is 5.32 Å². The topological polar surface area (TPSA) is 75.3 Å². The molecule has 0 bridgehead atoms. The van der Waals surface area contributed by atoms with Gasteiger partial charge in [0.1, 0.15) is 0 Å². The van der Waals surface area contributed by atoms with Crippen LogP contribution in [-0.2, 0) is 22.3 Å². The summed E-state index contributed by atoms with van der Waals surface area (Å²) in [5, 5.41) is 2.83. The van der Waals surface area contributed by atoms with Gasteiger partial charge in [-0.15, -0.1) is 11.3 Å². The van der Waals surface area contributed by atoms with Gasteiger partial charge >= 0.3 is 0 Å². The number of halogens is 1. The van der Waals surface area contributed by atoms with Gasteiger partial charge in [-0.05, 0) is 53.0 Å². The molecule has 130 valence electrons. The lowest BCUT2D eigenvalue weighted by molar-refractivity contribution is 0.0955. The maximum absolute atomic E-state index is 12.1. The number of carbonyl (C=O) groups excluding carboxylic acids is 1. The molecule has 1 aromatic heterocycles. The number of thiophene rings is 1. The Morgan fingerprint density at radius 2 is 1.83 bits per heavy atom. The van der Waals surface area contributed by atoms with Crippen LogP contribution in [0, 0.1) is 0 Å². The molecule has 2 aromatic rings. The Labute approximate surface area is 154 Å². The fourth-order valence-electron chi connectivity index (χ4n) is 2.18. The molecule has 1 aromatic carbocycles. The summed E-state index contributed by atoms with van der Waals surface area (Å²) in [6.07, 6.45) is 0. The Morgan fingerprint density at radius 3 is 2.42 bits per heavy atom. The Balaban J connectivity index is 2.07. The van der Waals surface area contributed by atoms with Crippen molar-refractivity contribution in [3.63, 3.8) is 0 Å². The first-order valence-corrected chi connectivity index (χ1v) is 10.6. The van der Waals surface area contributed by atoms with Crippen LogP contribution in [0.1, 0.15) is 34.6 Å². The van der Waals surface area contributed by atoms with E-state index in [2.05, 4.69) is 26.0 Å². The number of benzene rings is 1. The average Bonchev–Trinajstić information content (AvgIpc) is 2.91. The molecule has 0 saturated heterocycles. The fraction of sp³-hybridized carbons (Fsp3) is 0.312. The smallest absolute Gasteiger partial charge is 0.261 e. The van der Waals surface area contributed by atoms with Gasteiger partial charge in [0.2, 0.25) is 10.0 Å². The maximum Gasteiger partial charge on any atom is 0.261 e. The van der Waals surface area contributed by atoms with Crippen molar-refractivity contribution in [3.8, 4) is 0 Å². The maximum atomic E-state index is 12.1. The van der Waals surface area contributed by atoms with Gasteiger partial charge in [-0.2, -0.15) is 0 Å². The quantitative estimate of drug-likeness (QED) is 0.707. The first-order chi connectivity index (χ1) is 11.3. The summed E-state index contributed by atoms with van der Waals surface area (Å²) >= 11 is 4.68. The highest BCUT2D eigenvalue weighted by atomic mass is 79.9. The van der Waals surface area contributed by atoms with E-state index in [1.54, 1.807) is 32.0 Å². The minimum Gasteiger partial charge on any atom is -0.347 e. The zero-order valence-electron chi connectivity index (χ0n) is 13.4. The standard InChI is InChI=1S/C16H19BrN2O3S2/c1-11(2)19-24(21,22)10-13-6-4-3-5-12(13)9-18-16(20)14-7-8-15(17)23-14/h3-8,11,19H,9-10H2,1-2H3,(H,18,20). The van der Waals surface area contributed by atoms with Crippen LogP contribution < -0.4 is 10.0 Å². The molecule has 24 heavy (non-hydrogen) atoms. The van der Waals surface area contributed by atoms with Crippen LogP contribution in [0.5, 0.6) is 0 Å². The second kappa shape index (κ2) is 8.24. The van der Waals surface area contributed by atoms with Crippen molar-refractivity contribution in [2.75, 3.05) is 0 Å². The molecule has 0 spiro atoms. The predicted octanol–water partition coefficient (Wildman–Crippen LogP) is 3.27. The van der Waals surface area contributed by atoms with E-state index < -0.39 is 10.0 Å². The summed E-state index contributed by atoms with van der Waals surface area (Å²) in [6, 6.07) is 10.6. The molecule has 0 saturated carbocycles. The molecule has 0 aliphatic rings. The summed E-state index contributed by atoms with van der Waals surface area (Å²) in [5.41, 5.74) is 1.47. The van der Waals surface area contributed by atoms with Crippen LogP contribution in [-0.4, -0.2) is 20.4 Å². The van der Waals surface area contributed by atoms with Crippen molar-refractivity contribution < 1.29 is 13.2 Å². The Morgan fingerprint density at radius 1 is 1.17 bits per heavy atom. The van der Waals surface area contributed by atoms with Gasteiger partial charge in [-0.25, -0.2) is 13.1 Å². The summed E-state index contributed by atoms with van der Waals surface area (Å²) < 4.78 is 27.7. The third kappa shape index (κ3) is 5.70. The van der Waals surface area contributed by atoms with Crippen LogP contribution in [0.4, 0.5) is 0 Å². The van der Waals surface area contributed by atoms with E-state index in [0.717, 1.165) is 9.35 Å². The van der Waals surface area contributed by atoms with Gasteiger partial charge in [0.15, 0.2) is 0 Å². The largest absolute Gasteiger partial charge is 0.347 e. The molecule has 0 radical (unpaired) electrons. The van der Waals surface area contributed by atoms with Crippen LogP contribution in [0.2, 0.25) is 0 Å². The molecule has 8 heteroatoms. The molecule has 5 nitrogen and oxygen atoms in total. The molecular formula is C16H19BrN2O3S2. The SMILES string of the molecule is CC(C)NS(=O)(=O)Cc1ccccc1CNC(=O)c1ccc(Br)s1. The molecule has 2 N–H and O–H groups in total. The number of carbonyl (C=O) groups is 1. The minimum absolute atomic E-state index is 0.109. The highest BCUT2D eigenvalue weighted by molar-refractivity contribution is 9.11. The molecule has 2 rings (SSSR count).